The van der Waals surface area contributed by atoms with Crippen molar-refractivity contribution in [3.63, 3.8) is 0 Å². The van der Waals surface area contributed by atoms with Crippen LogP contribution in [0.15, 0.2) is 72.8 Å². The molecule has 186 valence electrons. The highest BCUT2D eigenvalue weighted by atomic mass is 16.5. The van der Waals surface area contributed by atoms with Crippen molar-refractivity contribution in [2.24, 2.45) is 0 Å². The summed E-state index contributed by atoms with van der Waals surface area (Å²) in [6.07, 6.45) is 0. The first-order valence-corrected chi connectivity index (χ1v) is 11.4. The van der Waals surface area contributed by atoms with Crippen molar-refractivity contribution in [2.45, 2.75) is 0 Å². The summed E-state index contributed by atoms with van der Waals surface area (Å²) in [7, 11) is 9.88. The summed E-state index contributed by atoms with van der Waals surface area (Å²) in [6.45, 7) is 0. The highest BCUT2D eigenvalue weighted by Gasteiger charge is 2.23. The normalized spacial score (nSPS) is 10.5. The Kier molecular flexibility index (Phi) is 7.54. The number of methoxy groups -OCH3 is 6. The van der Waals surface area contributed by atoms with E-state index in [1.807, 2.05) is 72.8 Å². The Labute approximate surface area is 211 Å². The molecule has 0 aliphatic rings. The molecule has 0 saturated heterocycles. The SMILES string of the molecule is COc1cc(OC)cc(-c2ccc(OC)c(-c3ccccc3OC)c2-c2cc(OC)cc(OC)c2)c1. The fraction of sp³-hybridized carbons (Fsp3) is 0.200. The first kappa shape index (κ1) is 24.8. The molecule has 0 unspecified atom stereocenters. The van der Waals surface area contributed by atoms with Crippen LogP contribution >= 0.6 is 0 Å². The van der Waals surface area contributed by atoms with Gasteiger partial charge in [0.15, 0.2) is 0 Å². The van der Waals surface area contributed by atoms with Gasteiger partial charge in [0, 0.05) is 28.8 Å². The third-order valence-corrected chi connectivity index (χ3v) is 6.07. The van der Waals surface area contributed by atoms with Crippen LogP contribution in [-0.2, 0) is 0 Å². The summed E-state index contributed by atoms with van der Waals surface area (Å²) < 4.78 is 34.0. The fourth-order valence-electron chi connectivity index (χ4n) is 4.33. The van der Waals surface area contributed by atoms with E-state index in [1.54, 1.807) is 42.7 Å². The Morgan fingerprint density at radius 3 is 1.39 bits per heavy atom. The van der Waals surface area contributed by atoms with Crippen LogP contribution in [0.1, 0.15) is 0 Å². The minimum Gasteiger partial charge on any atom is -0.497 e. The van der Waals surface area contributed by atoms with Gasteiger partial charge in [0.25, 0.3) is 0 Å². The summed E-state index contributed by atoms with van der Waals surface area (Å²) in [4.78, 5) is 0. The summed E-state index contributed by atoms with van der Waals surface area (Å²) in [5, 5.41) is 0. The second-order valence-electron chi connectivity index (χ2n) is 7.97. The zero-order valence-corrected chi connectivity index (χ0v) is 21.4. The maximum atomic E-state index is 5.89. The molecule has 0 amide bonds. The quantitative estimate of drug-likeness (QED) is 0.261. The van der Waals surface area contributed by atoms with Crippen LogP contribution in [-0.4, -0.2) is 42.7 Å². The van der Waals surface area contributed by atoms with Crippen molar-refractivity contribution in [2.75, 3.05) is 42.7 Å². The molecule has 0 aliphatic heterocycles. The lowest BCUT2D eigenvalue weighted by atomic mass is 9.86. The van der Waals surface area contributed by atoms with Crippen LogP contribution in [0.4, 0.5) is 0 Å². The van der Waals surface area contributed by atoms with Gasteiger partial charge in [-0.05, 0) is 53.1 Å². The molecule has 0 fully saturated rings. The number of ether oxygens (including phenoxy) is 6. The predicted octanol–water partition coefficient (Wildman–Crippen LogP) is 6.74. The van der Waals surface area contributed by atoms with Gasteiger partial charge in [-0.15, -0.1) is 0 Å². The summed E-state index contributed by atoms with van der Waals surface area (Å²) >= 11 is 0. The van der Waals surface area contributed by atoms with Crippen molar-refractivity contribution >= 4 is 0 Å². The first-order chi connectivity index (χ1) is 17.6. The van der Waals surface area contributed by atoms with Gasteiger partial charge in [-0.3, -0.25) is 0 Å². The van der Waals surface area contributed by atoms with Crippen molar-refractivity contribution in [1.82, 2.24) is 0 Å². The Hall–Kier alpha value is -4.32. The molecule has 36 heavy (non-hydrogen) atoms. The van der Waals surface area contributed by atoms with Crippen molar-refractivity contribution in [3.8, 4) is 67.9 Å². The smallest absolute Gasteiger partial charge is 0.127 e. The van der Waals surface area contributed by atoms with Gasteiger partial charge in [-0.2, -0.15) is 0 Å². The van der Waals surface area contributed by atoms with Crippen LogP contribution in [0.3, 0.4) is 0 Å². The van der Waals surface area contributed by atoms with Crippen LogP contribution in [0.25, 0.3) is 33.4 Å². The van der Waals surface area contributed by atoms with Crippen LogP contribution in [0.5, 0.6) is 34.5 Å². The Bertz CT molecular complexity index is 1320. The molecule has 0 radical (unpaired) electrons. The number of hydrogen-bond donors (Lipinski definition) is 0. The predicted molar refractivity (Wildman–Crippen MR) is 142 cm³/mol. The molecular formula is C30H30O6. The largest absolute Gasteiger partial charge is 0.497 e. The molecular weight excluding hydrogens is 456 g/mol. The molecule has 0 aromatic heterocycles. The molecule has 6 heteroatoms. The monoisotopic (exact) mass is 486 g/mol. The van der Waals surface area contributed by atoms with Crippen LogP contribution in [0, 0.1) is 0 Å². The van der Waals surface area contributed by atoms with Crippen molar-refractivity contribution < 1.29 is 28.4 Å². The average molecular weight is 487 g/mol. The second kappa shape index (κ2) is 11.0. The van der Waals surface area contributed by atoms with E-state index >= 15 is 0 Å². The van der Waals surface area contributed by atoms with Gasteiger partial charge in [-0.1, -0.05) is 24.3 Å². The molecule has 0 heterocycles. The third-order valence-electron chi connectivity index (χ3n) is 6.07. The van der Waals surface area contributed by atoms with E-state index in [0.717, 1.165) is 39.1 Å². The van der Waals surface area contributed by atoms with E-state index < -0.39 is 0 Å². The number of rotatable bonds is 9. The summed E-state index contributed by atoms with van der Waals surface area (Å²) in [6, 6.07) is 23.5. The molecule has 0 atom stereocenters. The average Bonchev–Trinajstić information content (AvgIpc) is 2.95. The second-order valence-corrected chi connectivity index (χ2v) is 7.97. The van der Waals surface area contributed by atoms with Gasteiger partial charge >= 0.3 is 0 Å². The van der Waals surface area contributed by atoms with Gasteiger partial charge in [-0.25, -0.2) is 0 Å². The molecule has 0 N–H and O–H groups in total. The number of para-hydroxylation sites is 1. The van der Waals surface area contributed by atoms with Gasteiger partial charge in [0.1, 0.15) is 34.5 Å². The Morgan fingerprint density at radius 2 is 0.889 bits per heavy atom. The summed E-state index contributed by atoms with van der Waals surface area (Å²) in [5.74, 6) is 4.16. The lowest BCUT2D eigenvalue weighted by Gasteiger charge is -2.22. The molecule has 0 spiro atoms. The van der Waals surface area contributed by atoms with Gasteiger partial charge in [0.2, 0.25) is 0 Å². The highest BCUT2D eigenvalue weighted by Crippen LogP contribution is 2.49. The van der Waals surface area contributed by atoms with E-state index in [2.05, 4.69) is 0 Å². The van der Waals surface area contributed by atoms with E-state index in [0.29, 0.717) is 28.7 Å². The molecule has 0 saturated carbocycles. The Morgan fingerprint density at radius 1 is 0.389 bits per heavy atom. The van der Waals surface area contributed by atoms with Crippen LogP contribution < -0.4 is 28.4 Å². The highest BCUT2D eigenvalue weighted by molar-refractivity contribution is 5.99. The zero-order valence-electron chi connectivity index (χ0n) is 21.4. The van der Waals surface area contributed by atoms with E-state index in [4.69, 9.17) is 28.4 Å². The molecule has 4 aromatic rings. The van der Waals surface area contributed by atoms with E-state index in [9.17, 15) is 0 Å². The lowest BCUT2D eigenvalue weighted by Crippen LogP contribution is -1.98. The van der Waals surface area contributed by atoms with Crippen molar-refractivity contribution in [3.05, 3.63) is 72.8 Å². The molecule has 0 aliphatic carbocycles. The van der Waals surface area contributed by atoms with Crippen LogP contribution in [0.2, 0.25) is 0 Å². The number of hydrogen-bond acceptors (Lipinski definition) is 6. The maximum Gasteiger partial charge on any atom is 0.127 e. The topological polar surface area (TPSA) is 55.4 Å². The lowest BCUT2D eigenvalue weighted by molar-refractivity contribution is 0.394. The maximum absolute atomic E-state index is 5.89. The van der Waals surface area contributed by atoms with Crippen molar-refractivity contribution in [1.29, 1.82) is 0 Å². The van der Waals surface area contributed by atoms with E-state index in [1.165, 1.54) is 0 Å². The van der Waals surface area contributed by atoms with Gasteiger partial charge in [0.05, 0.1) is 42.7 Å². The molecule has 4 aromatic carbocycles. The summed E-state index contributed by atoms with van der Waals surface area (Å²) in [5.41, 5.74) is 5.45. The molecule has 6 nitrogen and oxygen atoms in total. The van der Waals surface area contributed by atoms with E-state index in [-0.39, 0.29) is 0 Å². The minimum atomic E-state index is 0.673. The fourth-order valence-corrected chi connectivity index (χ4v) is 4.33. The standard InChI is InChI=1S/C30H30O6/c1-31-21-13-19(14-22(17-21)32-2)25-11-12-28(36-6)30(26-9-7-8-10-27(26)35-5)29(25)20-15-23(33-3)18-24(16-20)34-4/h7-18H,1-6H3. The molecule has 0 bridgehead atoms. The zero-order chi connectivity index (χ0) is 25.7. The number of benzene rings is 4. The third kappa shape index (κ3) is 4.75. The minimum absolute atomic E-state index is 0.673. The first-order valence-electron chi connectivity index (χ1n) is 11.4. The van der Waals surface area contributed by atoms with Gasteiger partial charge < -0.3 is 28.4 Å². The molecule has 4 rings (SSSR count). The Balaban J connectivity index is 2.17.